The summed E-state index contributed by atoms with van der Waals surface area (Å²) in [5.41, 5.74) is 0.449. The van der Waals surface area contributed by atoms with E-state index >= 15 is 0 Å². The number of benzene rings is 1. The third-order valence-electron chi connectivity index (χ3n) is 3.12. The largest absolute Gasteiger partial charge is 0.457 e. The Labute approximate surface area is 140 Å². The summed E-state index contributed by atoms with van der Waals surface area (Å²) in [7, 11) is 0. The van der Waals surface area contributed by atoms with E-state index in [1.54, 1.807) is 30.6 Å². The van der Waals surface area contributed by atoms with Gasteiger partial charge in [0.05, 0.1) is 5.56 Å². The first kappa shape index (κ1) is 16.7. The minimum Gasteiger partial charge on any atom is -0.457 e. The van der Waals surface area contributed by atoms with Crippen molar-refractivity contribution in [2.24, 2.45) is 0 Å². The number of alkyl halides is 3. The van der Waals surface area contributed by atoms with Gasteiger partial charge in [-0.2, -0.15) is 13.2 Å². The SMILES string of the molecule is FC(F)(F)c1ccc(C=Cc2nc(COc3ncccn3)co2)cc1. The molecular formula is C17H12F3N3O2. The monoisotopic (exact) mass is 347 g/mol. The Kier molecular flexibility index (Phi) is 4.78. The molecular weight excluding hydrogens is 335 g/mol. The van der Waals surface area contributed by atoms with Crippen LogP contribution in [-0.4, -0.2) is 15.0 Å². The van der Waals surface area contributed by atoms with E-state index < -0.39 is 11.7 Å². The van der Waals surface area contributed by atoms with E-state index in [1.807, 2.05) is 0 Å². The molecule has 3 rings (SSSR count). The van der Waals surface area contributed by atoms with E-state index in [0.29, 0.717) is 17.1 Å². The zero-order valence-corrected chi connectivity index (χ0v) is 12.8. The lowest BCUT2D eigenvalue weighted by molar-refractivity contribution is -0.137. The van der Waals surface area contributed by atoms with Gasteiger partial charge >= 0.3 is 12.2 Å². The fraction of sp³-hybridized carbons (Fsp3) is 0.118. The van der Waals surface area contributed by atoms with Crippen LogP contribution in [0.5, 0.6) is 6.01 Å². The number of rotatable bonds is 5. The van der Waals surface area contributed by atoms with Crippen LogP contribution in [0.4, 0.5) is 13.2 Å². The lowest BCUT2D eigenvalue weighted by atomic mass is 10.1. The average Bonchev–Trinajstić information content (AvgIpc) is 3.07. The molecule has 8 heteroatoms. The van der Waals surface area contributed by atoms with E-state index in [9.17, 15) is 13.2 Å². The van der Waals surface area contributed by atoms with Crippen molar-refractivity contribution < 1.29 is 22.3 Å². The van der Waals surface area contributed by atoms with Gasteiger partial charge in [-0.3, -0.25) is 0 Å². The van der Waals surface area contributed by atoms with Gasteiger partial charge in [-0.05, 0) is 29.8 Å². The van der Waals surface area contributed by atoms with Gasteiger partial charge < -0.3 is 9.15 Å². The Hall–Kier alpha value is -3.16. The number of halogens is 3. The molecule has 0 spiro atoms. The van der Waals surface area contributed by atoms with Gasteiger partial charge in [0, 0.05) is 18.5 Å². The Balaban J connectivity index is 1.60. The van der Waals surface area contributed by atoms with Crippen molar-refractivity contribution in [1.82, 2.24) is 15.0 Å². The second-order valence-electron chi connectivity index (χ2n) is 4.95. The maximum Gasteiger partial charge on any atom is 0.416 e. The minimum absolute atomic E-state index is 0.141. The van der Waals surface area contributed by atoms with E-state index in [0.717, 1.165) is 12.1 Å². The second-order valence-corrected chi connectivity index (χ2v) is 4.95. The number of ether oxygens (including phenoxy) is 1. The number of hydrogen-bond acceptors (Lipinski definition) is 5. The molecule has 25 heavy (non-hydrogen) atoms. The van der Waals surface area contributed by atoms with Crippen LogP contribution in [0.3, 0.4) is 0 Å². The van der Waals surface area contributed by atoms with Crippen LogP contribution in [0, 0.1) is 0 Å². The summed E-state index contributed by atoms with van der Waals surface area (Å²) in [4.78, 5) is 12.0. The van der Waals surface area contributed by atoms with Crippen LogP contribution in [0.2, 0.25) is 0 Å². The Bertz CT molecular complexity index is 844. The number of hydrogen-bond donors (Lipinski definition) is 0. The molecule has 0 aliphatic rings. The molecule has 0 aliphatic heterocycles. The molecule has 0 atom stereocenters. The first-order valence-electron chi connectivity index (χ1n) is 7.20. The molecule has 0 unspecified atom stereocenters. The minimum atomic E-state index is -4.35. The maximum absolute atomic E-state index is 12.5. The summed E-state index contributed by atoms with van der Waals surface area (Å²) in [5.74, 6) is 0.312. The van der Waals surface area contributed by atoms with Crippen molar-refractivity contribution in [3.8, 4) is 6.01 Å². The standard InChI is InChI=1S/C17H12F3N3O2/c18-17(19,20)13-5-2-12(3-6-13)4-7-15-23-14(10-24-15)11-25-16-21-8-1-9-22-16/h1-10H,11H2. The molecule has 2 aromatic heterocycles. The normalized spacial score (nSPS) is 11.8. The van der Waals surface area contributed by atoms with Gasteiger partial charge in [0.2, 0.25) is 5.89 Å². The van der Waals surface area contributed by atoms with Gasteiger partial charge in [-0.1, -0.05) is 12.1 Å². The Morgan fingerprint density at radius 2 is 1.76 bits per heavy atom. The highest BCUT2D eigenvalue weighted by Crippen LogP contribution is 2.29. The lowest BCUT2D eigenvalue weighted by Crippen LogP contribution is -2.03. The highest BCUT2D eigenvalue weighted by molar-refractivity contribution is 5.66. The molecule has 0 bridgehead atoms. The average molecular weight is 347 g/mol. The zero-order chi connectivity index (χ0) is 17.7. The fourth-order valence-electron chi connectivity index (χ4n) is 1.91. The van der Waals surface area contributed by atoms with Crippen molar-refractivity contribution in [3.63, 3.8) is 0 Å². The lowest BCUT2D eigenvalue weighted by Gasteiger charge is -2.05. The molecule has 0 saturated carbocycles. The Morgan fingerprint density at radius 3 is 2.44 bits per heavy atom. The van der Waals surface area contributed by atoms with E-state index in [4.69, 9.17) is 9.15 Å². The van der Waals surface area contributed by atoms with Crippen molar-refractivity contribution in [3.05, 3.63) is 71.7 Å². The summed E-state index contributed by atoms with van der Waals surface area (Å²) >= 11 is 0. The van der Waals surface area contributed by atoms with Crippen LogP contribution in [0.1, 0.15) is 22.7 Å². The van der Waals surface area contributed by atoms with Crippen LogP contribution >= 0.6 is 0 Å². The molecule has 0 radical (unpaired) electrons. The molecule has 0 saturated heterocycles. The maximum atomic E-state index is 12.5. The predicted octanol–water partition coefficient (Wildman–Crippen LogP) is 4.23. The first-order chi connectivity index (χ1) is 12.0. The predicted molar refractivity (Wildman–Crippen MR) is 83.2 cm³/mol. The van der Waals surface area contributed by atoms with E-state index in [-0.39, 0.29) is 12.6 Å². The molecule has 2 heterocycles. The molecule has 1 aromatic carbocycles. The van der Waals surface area contributed by atoms with Crippen molar-refractivity contribution in [2.45, 2.75) is 12.8 Å². The van der Waals surface area contributed by atoms with E-state index in [2.05, 4.69) is 15.0 Å². The number of nitrogens with zero attached hydrogens (tertiary/aromatic N) is 3. The Morgan fingerprint density at radius 1 is 1.04 bits per heavy atom. The fourth-order valence-corrected chi connectivity index (χ4v) is 1.91. The summed E-state index contributed by atoms with van der Waals surface area (Å²) in [5, 5.41) is 0. The summed E-state index contributed by atoms with van der Waals surface area (Å²) in [6, 6.07) is 6.70. The van der Waals surface area contributed by atoms with Gasteiger partial charge in [-0.15, -0.1) is 0 Å². The van der Waals surface area contributed by atoms with Crippen LogP contribution in [-0.2, 0) is 12.8 Å². The van der Waals surface area contributed by atoms with Crippen LogP contribution < -0.4 is 4.74 Å². The van der Waals surface area contributed by atoms with Gasteiger partial charge in [0.25, 0.3) is 0 Å². The van der Waals surface area contributed by atoms with Crippen LogP contribution in [0.15, 0.2) is 53.4 Å². The summed E-state index contributed by atoms with van der Waals surface area (Å²) < 4.78 is 48.1. The van der Waals surface area contributed by atoms with Crippen molar-refractivity contribution >= 4 is 12.2 Å². The first-order valence-corrected chi connectivity index (χ1v) is 7.20. The second kappa shape index (κ2) is 7.16. The highest BCUT2D eigenvalue weighted by atomic mass is 19.4. The van der Waals surface area contributed by atoms with Gasteiger partial charge in [0.1, 0.15) is 18.6 Å². The zero-order valence-electron chi connectivity index (χ0n) is 12.8. The van der Waals surface area contributed by atoms with Gasteiger partial charge in [-0.25, -0.2) is 15.0 Å². The van der Waals surface area contributed by atoms with Gasteiger partial charge in [0.15, 0.2) is 0 Å². The highest BCUT2D eigenvalue weighted by Gasteiger charge is 2.29. The summed E-state index contributed by atoms with van der Waals surface area (Å²) in [6.07, 6.45) is 3.37. The molecule has 0 aliphatic carbocycles. The number of oxazole rings is 1. The van der Waals surface area contributed by atoms with Crippen molar-refractivity contribution in [2.75, 3.05) is 0 Å². The van der Waals surface area contributed by atoms with Crippen molar-refractivity contribution in [1.29, 1.82) is 0 Å². The van der Waals surface area contributed by atoms with Crippen LogP contribution in [0.25, 0.3) is 12.2 Å². The third-order valence-corrected chi connectivity index (χ3v) is 3.12. The smallest absolute Gasteiger partial charge is 0.416 e. The topological polar surface area (TPSA) is 61.0 Å². The molecule has 128 valence electrons. The quantitative estimate of drug-likeness (QED) is 0.691. The molecule has 3 aromatic rings. The molecule has 0 fully saturated rings. The molecule has 0 amide bonds. The summed E-state index contributed by atoms with van der Waals surface area (Å²) in [6.45, 7) is 0.141. The number of aromatic nitrogens is 3. The van der Waals surface area contributed by atoms with E-state index in [1.165, 1.54) is 18.4 Å². The molecule has 0 N–H and O–H groups in total. The third kappa shape index (κ3) is 4.66. The molecule has 5 nitrogen and oxygen atoms in total.